The number of benzene rings is 1. The highest BCUT2D eigenvalue weighted by molar-refractivity contribution is 6.30. The number of likely N-dealkylation sites (tertiary alicyclic amines) is 1. The number of aliphatic carboxylic acids is 1. The summed E-state index contributed by atoms with van der Waals surface area (Å²) in [5.41, 5.74) is 0.736. The molecular weight excluding hydrogens is 298 g/mol. The van der Waals surface area contributed by atoms with Crippen LogP contribution in [0.3, 0.4) is 0 Å². The minimum Gasteiger partial charge on any atom is -0.493 e. The number of aliphatic hydroxyl groups is 1. The van der Waals surface area contributed by atoms with Gasteiger partial charge in [0.05, 0.1) is 13.2 Å². The van der Waals surface area contributed by atoms with Crippen molar-refractivity contribution in [2.24, 2.45) is 0 Å². The zero-order chi connectivity index (χ0) is 15.6. The number of halogens is 1. The Morgan fingerprint density at radius 2 is 2.19 bits per heavy atom. The third-order valence-corrected chi connectivity index (χ3v) is 3.51. The van der Waals surface area contributed by atoms with E-state index in [0.29, 0.717) is 36.2 Å². The maximum atomic E-state index is 11.0. The van der Waals surface area contributed by atoms with Crippen LogP contribution in [0.15, 0.2) is 12.1 Å². The third-order valence-electron chi connectivity index (χ3n) is 3.29. The molecule has 1 heterocycles. The maximum absolute atomic E-state index is 11.0. The Kier molecular flexibility index (Phi) is 4.92. The van der Waals surface area contributed by atoms with Crippen molar-refractivity contribution in [1.29, 1.82) is 0 Å². The van der Waals surface area contributed by atoms with Crippen molar-refractivity contribution in [3.05, 3.63) is 22.7 Å². The van der Waals surface area contributed by atoms with E-state index in [4.69, 9.17) is 26.2 Å². The normalized spacial score (nSPS) is 17.1. The van der Waals surface area contributed by atoms with Gasteiger partial charge in [0.25, 0.3) is 0 Å². The molecule has 1 atom stereocenters. The Morgan fingerprint density at radius 1 is 1.52 bits per heavy atom. The molecular formula is C14H18ClNO5. The Balaban J connectivity index is 2.27. The van der Waals surface area contributed by atoms with Crippen LogP contribution in [0.25, 0.3) is 0 Å². The standard InChI is InChI=1S/C14H18ClNO5/c1-8(14(18)19)21-13-9(5-16-6-11(17)7-16)3-10(15)4-12(13)20-2/h3-4,8,11,17H,5-7H2,1-2H3,(H,18,19). The Hall–Kier alpha value is -1.50. The lowest BCUT2D eigenvalue weighted by Crippen LogP contribution is -2.49. The molecule has 116 valence electrons. The molecule has 6 nitrogen and oxygen atoms in total. The van der Waals surface area contributed by atoms with Gasteiger partial charge in [-0.1, -0.05) is 11.6 Å². The first-order valence-corrected chi connectivity index (χ1v) is 6.94. The molecule has 0 aromatic heterocycles. The third kappa shape index (κ3) is 3.78. The predicted molar refractivity (Wildman–Crippen MR) is 77.0 cm³/mol. The quantitative estimate of drug-likeness (QED) is 0.825. The minimum absolute atomic E-state index is 0.312. The van der Waals surface area contributed by atoms with Crippen LogP contribution >= 0.6 is 11.6 Å². The highest BCUT2D eigenvalue weighted by Gasteiger charge is 2.27. The number of methoxy groups -OCH3 is 1. The number of rotatable bonds is 6. The molecule has 2 N–H and O–H groups in total. The number of hydrogen-bond donors (Lipinski definition) is 2. The molecule has 1 aliphatic rings. The average molecular weight is 316 g/mol. The number of hydrogen-bond acceptors (Lipinski definition) is 5. The van der Waals surface area contributed by atoms with Crippen molar-refractivity contribution in [2.75, 3.05) is 20.2 Å². The van der Waals surface area contributed by atoms with Gasteiger partial charge in [-0.05, 0) is 13.0 Å². The van der Waals surface area contributed by atoms with Crippen LogP contribution in [0, 0.1) is 0 Å². The number of carboxylic acid groups (broad SMARTS) is 1. The highest BCUT2D eigenvalue weighted by Crippen LogP contribution is 2.36. The van der Waals surface area contributed by atoms with Crippen molar-refractivity contribution >= 4 is 17.6 Å². The fourth-order valence-corrected chi connectivity index (χ4v) is 2.40. The van der Waals surface area contributed by atoms with E-state index < -0.39 is 12.1 Å². The first-order chi connectivity index (χ1) is 9.90. The summed E-state index contributed by atoms with van der Waals surface area (Å²) in [4.78, 5) is 13.0. The zero-order valence-electron chi connectivity index (χ0n) is 11.9. The first-order valence-electron chi connectivity index (χ1n) is 6.57. The van der Waals surface area contributed by atoms with E-state index in [9.17, 15) is 9.90 Å². The summed E-state index contributed by atoms with van der Waals surface area (Å²) in [6, 6.07) is 3.30. The molecule has 0 aliphatic carbocycles. The molecule has 1 aliphatic heterocycles. The second-order valence-corrected chi connectivity index (χ2v) is 5.48. The SMILES string of the molecule is COc1cc(Cl)cc(CN2CC(O)C2)c1OC(C)C(=O)O. The molecule has 0 amide bonds. The second-order valence-electron chi connectivity index (χ2n) is 5.04. The molecule has 1 aromatic rings. The van der Waals surface area contributed by atoms with E-state index >= 15 is 0 Å². The molecule has 1 saturated heterocycles. The maximum Gasteiger partial charge on any atom is 0.344 e. The van der Waals surface area contributed by atoms with Crippen molar-refractivity contribution in [3.63, 3.8) is 0 Å². The van der Waals surface area contributed by atoms with Gasteiger partial charge >= 0.3 is 5.97 Å². The van der Waals surface area contributed by atoms with Gasteiger partial charge in [-0.2, -0.15) is 0 Å². The highest BCUT2D eigenvalue weighted by atomic mass is 35.5. The molecule has 0 radical (unpaired) electrons. The lowest BCUT2D eigenvalue weighted by Gasteiger charge is -2.36. The van der Waals surface area contributed by atoms with Crippen molar-refractivity contribution in [1.82, 2.24) is 4.90 Å². The fraction of sp³-hybridized carbons (Fsp3) is 0.500. The monoisotopic (exact) mass is 315 g/mol. The molecule has 2 rings (SSSR count). The van der Waals surface area contributed by atoms with Crippen LogP contribution in [-0.2, 0) is 11.3 Å². The van der Waals surface area contributed by atoms with Gasteiger partial charge in [-0.25, -0.2) is 4.79 Å². The molecule has 1 fully saturated rings. The van der Waals surface area contributed by atoms with Crippen LogP contribution in [0.1, 0.15) is 12.5 Å². The second kappa shape index (κ2) is 6.51. The summed E-state index contributed by atoms with van der Waals surface area (Å²) in [5, 5.41) is 18.8. The largest absolute Gasteiger partial charge is 0.493 e. The summed E-state index contributed by atoms with van der Waals surface area (Å²) >= 11 is 6.05. The topological polar surface area (TPSA) is 79.2 Å². The molecule has 0 bridgehead atoms. The first kappa shape index (κ1) is 15.9. The lowest BCUT2D eigenvalue weighted by atomic mass is 10.1. The van der Waals surface area contributed by atoms with Crippen LogP contribution in [-0.4, -0.2) is 53.5 Å². The molecule has 7 heteroatoms. The van der Waals surface area contributed by atoms with E-state index in [1.165, 1.54) is 14.0 Å². The molecule has 0 saturated carbocycles. The van der Waals surface area contributed by atoms with Crippen LogP contribution in [0.4, 0.5) is 0 Å². The summed E-state index contributed by atoms with van der Waals surface area (Å²) in [6.45, 7) is 3.11. The van der Waals surface area contributed by atoms with Gasteiger partial charge in [-0.15, -0.1) is 0 Å². The van der Waals surface area contributed by atoms with E-state index in [2.05, 4.69) is 0 Å². The van der Waals surface area contributed by atoms with Crippen molar-refractivity contribution in [3.8, 4) is 11.5 Å². The summed E-state index contributed by atoms with van der Waals surface area (Å²) in [5.74, 6) is -0.290. The summed E-state index contributed by atoms with van der Waals surface area (Å²) in [7, 11) is 1.47. The van der Waals surface area contributed by atoms with Gasteiger partial charge in [0.2, 0.25) is 0 Å². The Labute approximate surface area is 127 Å². The number of carboxylic acids is 1. The van der Waals surface area contributed by atoms with Gasteiger partial charge < -0.3 is 19.7 Å². The minimum atomic E-state index is -1.06. The zero-order valence-corrected chi connectivity index (χ0v) is 12.6. The van der Waals surface area contributed by atoms with Crippen LogP contribution in [0.2, 0.25) is 5.02 Å². The van der Waals surface area contributed by atoms with Crippen LogP contribution in [0.5, 0.6) is 11.5 Å². The lowest BCUT2D eigenvalue weighted by molar-refractivity contribution is -0.144. The van der Waals surface area contributed by atoms with Crippen LogP contribution < -0.4 is 9.47 Å². The van der Waals surface area contributed by atoms with Gasteiger partial charge in [0.15, 0.2) is 17.6 Å². The average Bonchev–Trinajstić information content (AvgIpc) is 2.39. The van der Waals surface area contributed by atoms with E-state index in [1.54, 1.807) is 12.1 Å². The number of nitrogens with zero attached hydrogens (tertiary/aromatic N) is 1. The molecule has 0 spiro atoms. The van der Waals surface area contributed by atoms with Crippen molar-refractivity contribution in [2.45, 2.75) is 25.7 Å². The van der Waals surface area contributed by atoms with Gasteiger partial charge in [-0.3, -0.25) is 4.90 Å². The smallest absolute Gasteiger partial charge is 0.344 e. The number of aliphatic hydroxyl groups excluding tert-OH is 1. The molecule has 1 aromatic carbocycles. The van der Waals surface area contributed by atoms with Crippen molar-refractivity contribution < 1.29 is 24.5 Å². The molecule has 21 heavy (non-hydrogen) atoms. The Morgan fingerprint density at radius 3 is 2.71 bits per heavy atom. The van der Waals surface area contributed by atoms with Gasteiger partial charge in [0, 0.05) is 36.3 Å². The summed E-state index contributed by atoms with van der Waals surface area (Å²) < 4.78 is 10.7. The fourth-order valence-electron chi connectivity index (χ4n) is 2.17. The van der Waals surface area contributed by atoms with E-state index in [-0.39, 0.29) is 6.10 Å². The summed E-state index contributed by atoms with van der Waals surface area (Å²) in [6.07, 6.45) is -1.31. The number of ether oxygens (including phenoxy) is 2. The molecule has 1 unspecified atom stereocenters. The number of carbonyl (C=O) groups is 1. The Bertz CT molecular complexity index is 530. The van der Waals surface area contributed by atoms with E-state index in [0.717, 1.165) is 5.56 Å². The van der Waals surface area contributed by atoms with E-state index in [1.807, 2.05) is 4.90 Å². The van der Waals surface area contributed by atoms with Gasteiger partial charge in [0.1, 0.15) is 0 Å². The predicted octanol–water partition coefficient (Wildman–Crippen LogP) is 1.38. The number of β-amino-alcohol motifs (C(OH)–C–C–N with tert-alkyl or cyclic N) is 1.